The minimum atomic E-state index is -0.359. The van der Waals surface area contributed by atoms with E-state index in [0.717, 1.165) is 25.7 Å². The smallest absolute Gasteiger partial charge is 0.304 e. The van der Waals surface area contributed by atoms with Crippen molar-refractivity contribution in [1.82, 2.24) is 0 Å². The van der Waals surface area contributed by atoms with Crippen LogP contribution in [0.15, 0.2) is 0 Å². The molecule has 0 heterocycles. The average Bonchev–Trinajstić information content (AvgIpc) is 2.18. The third-order valence-corrected chi connectivity index (χ3v) is 1.60. The summed E-state index contributed by atoms with van der Waals surface area (Å²) in [5, 5.41) is 8.07. The molecule has 0 spiro atoms. The van der Waals surface area contributed by atoms with Gasteiger partial charge in [-0.2, -0.15) is 0 Å². The maximum Gasteiger partial charge on any atom is 0.304 e. The largest absolute Gasteiger partial charge is 0.436 e. The van der Waals surface area contributed by atoms with Crippen LogP contribution in [0.2, 0.25) is 0 Å². The van der Waals surface area contributed by atoms with Gasteiger partial charge in [0.1, 0.15) is 0 Å². The Morgan fingerprint density at radius 3 is 2.13 bits per heavy atom. The highest BCUT2D eigenvalue weighted by Gasteiger charge is 2.07. The van der Waals surface area contributed by atoms with Crippen LogP contribution in [0.25, 0.3) is 0 Å². The normalized spacial score (nSPS) is 11.3. The zero-order chi connectivity index (χ0) is 12.1. The third kappa shape index (κ3) is 16.1. The molecule has 0 aromatic rings. The van der Waals surface area contributed by atoms with Gasteiger partial charge in [0.15, 0.2) is 0 Å². The van der Waals surface area contributed by atoms with Crippen LogP contribution in [0, 0.1) is 0 Å². The van der Waals surface area contributed by atoms with Gasteiger partial charge in [0.25, 0.3) is 0 Å². The first-order chi connectivity index (χ1) is 7.12. The van der Waals surface area contributed by atoms with Crippen LogP contribution in [0.4, 0.5) is 0 Å². The van der Waals surface area contributed by atoms with E-state index < -0.39 is 0 Å². The fourth-order valence-corrected chi connectivity index (χ4v) is 0.804. The second-order valence-electron chi connectivity index (χ2n) is 3.14. The molecule has 0 aliphatic carbocycles. The zero-order valence-corrected chi connectivity index (χ0v) is 10.3. The van der Waals surface area contributed by atoms with Crippen LogP contribution in [0.5, 0.6) is 0 Å². The van der Waals surface area contributed by atoms with Gasteiger partial charge < -0.3 is 14.6 Å². The lowest BCUT2D eigenvalue weighted by Gasteiger charge is -2.13. The number of aliphatic hydroxyl groups is 1. The third-order valence-electron chi connectivity index (χ3n) is 1.60. The molecule has 4 nitrogen and oxygen atoms in total. The highest BCUT2D eigenvalue weighted by Crippen LogP contribution is 2.02. The van der Waals surface area contributed by atoms with E-state index in [-0.39, 0.29) is 12.3 Å². The van der Waals surface area contributed by atoms with E-state index in [2.05, 4.69) is 6.92 Å². The number of hydrogen-bond acceptors (Lipinski definition) is 4. The molecule has 0 fully saturated rings. The number of carbonyl (C=O) groups excluding carboxylic acids is 1. The molecule has 0 aliphatic rings. The molecule has 0 bridgehead atoms. The number of aliphatic hydroxyl groups excluding tert-OH is 1. The molecule has 1 N–H and O–H groups in total. The first-order valence-corrected chi connectivity index (χ1v) is 5.43. The zero-order valence-electron chi connectivity index (χ0n) is 10.3. The fourth-order valence-electron chi connectivity index (χ4n) is 0.804. The number of ether oxygens (including phenoxy) is 2. The van der Waals surface area contributed by atoms with E-state index in [1.54, 1.807) is 0 Å². The van der Waals surface area contributed by atoms with Gasteiger partial charge in [-0.1, -0.05) is 26.7 Å². The predicted octanol–water partition coefficient (Wildman–Crippen LogP) is 2.10. The number of hydrogen-bond donors (Lipinski definition) is 1. The quantitative estimate of drug-likeness (QED) is 0.550. The minimum Gasteiger partial charge on any atom is -0.436 e. The van der Waals surface area contributed by atoms with E-state index in [1.165, 1.54) is 14.0 Å². The van der Waals surface area contributed by atoms with Crippen molar-refractivity contribution in [3.05, 3.63) is 0 Å². The molecule has 0 saturated heterocycles. The molecule has 0 aromatic carbocycles. The SMILES string of the molecule is CCCC(OC)OC(C)=O.CCCCO. The van der Waals surface area contributed by atoms with Crippen molar-refractivity contribution < 1.29 is 19.4 Å². The van der Waals surface area contributed by atoms with Crippen molar-refractivity contribution in [2.45, 2.75) is 52.7 Å². The standard InChI is InChI=1S/C7H14O3.C4H10O/c1-4-5-7(9-3)10-6(2)8;1-2-3-4-5/h7H,4-5H2,1-3H3;5H,2-4H2,1H3. The van der Waals surface area contributed by atoms with Crippen molar-refractivity contribution in [3.63, 3.8) is 0 Å². The summed E-state index contributed by atoms with van der Waals surface area (Å²) in [6.45, 7) is 5.78. The molecular weight excluding hydrogens is 196 g/mol. The fraction of sp³-hybridized carbons (Fsp3) is 0.909. The van der Waals surface area contributed by atoms with Gasteiger partial charge in [0.2, 0.25) is 6.29 Å². The summed E-state index contributed by atoms with van der Waals surface area (Å²) in [4.78, 5) is 10.4. The molecule has 4 heteroatoms. The topological polar surface area (TPSA) is 55.8 Å². The molecule has 0 amide bonds. The van der Waals surface area contributed by atoms with Crippen molar-refractivity contribution in [1.29, 1.82) is 0 Å². The van der Waals surface area contributed by atoms with E-state index in [0.29, 0.717) is 6.61 Å². The molecule has 1 atom stereocenters. The molecule has 0 rings (SSSR count). The van der Waals surface area contributed by atoms with Gasteiger partial charge in [0.05, 0.1) is 0 Å². The Balaban J connectivity index is 0. The van der Waals surface area contributed by atoms with Crippen LogP contribution in [0.3, 0.4) is 0 Å². The minimum absolute atomic E-state index is 0.291. The van der Waals surface area contributed by atoms with Crippen molar-refractivity contribution in [2.24, 2.45) is 0 Å². The lowest BCUT2D eigenvalue weighted by Crippen LogP contribution is -2.17. The Labute approximate surface area is 92.6 Å². The molecule has 0 radical (unpaired) electrons. The van der Waals surface area contributed by atoms with Crippen LogP contribution >= 0.6 is 0 Å². The van der Waals surface area contributed by atoms with Gasteiger partial charge >= 0.3 is 5.97 Å². The summed E-state index contributed by atoms with van der Waals surface area (Å²) in [5.74, 6) is -0.291. The van der Waals surface area contributed by atoms with E-state index >= 15 is 0 Å². The Bertz CT molecular complexity index is 135. The summed E-state index contributed by atoms with van der Waals surface area (Å²) in [7, 11) is 1.53. The van der Waals surface area contributed by atoms with Gasteiger partial charge in [-0.25, -0.2) is 0 Å². The molecule has 1 unspecified atom stereocenters. The van der Waals surface area contributed by atoms with E-state index in [4.69, 9.17) is 14.6 Å². The molecule has 15 heavy (non-hydrogen) atoms. The molecule has 0 aliphatic heterocycles. The van der Waals surface area contributed by atoms with Gasteiger partial charge in [-0.05, 0) is 6.42 Å². The Morgan fingerprint density at radius 2 is 1.93 bits per heavy atom. The lowest BCUT2D eigenvalue weighted by molar-refractivity contribution is -0.171. The Kier molecular flexibility index (Phi) is 15.0. The highest BCUT2D eigenvalue weighted by molar-refractivity contribution is 5.66. The summed E-state index contributed by atoms with van der Waals surface area (Å²) in [5.41, 5.74) is 0. The average molecular weight is 220 g/mol. The van der Waals surface area contributed by atoms with Crippen LogP contribution < -0.4 is 0 Å². The maximum absolute atomic E-state index is 10.4. The van der Waals surface area contributed by atoms with Crippen LogP contribution in [-0.4, -0.2) is 31.1 Å². The van der Waals surface area contributed by atoms with Gasteiger partial charge in [0, 0.05) is 27.1 Å². The van der Waals surface area contributed by atoms with Crippen molar-refractivity contribution in [2.75, 3.05) is 13.7 Å². The number of unbranched alkanes of at least 4 members (excludes halogenated alkanes) is 1. The Hall–Kier alpha value is -0.610. The second kappa shape index (κ2) is 13.4. The highest BCUT2D eigenvalue weighted by atomic mass is 16.7. The lowest BCUT2D eigenvalue weighted by atomic mass is 10.3. The molecular formula is C11H24O4. The monoisotopic (exact) mass is 220 g/mol. The number of rotatable bonds is 6. The summed E-state index contributed by atoms with van der Waals surface area (Å²) < 4.78 is 9.64. The van der Waals surface area contributed by atoms with Crippen LogP contribution in [0.1, 0.15) is 46.5 Å². The molecule has 92 valence electrons. The van der Waals surface area contributed by atoms with Crippen molar-refractivity contribution >= 4 is 5.97 Å². The van der Waals surface area contributed by atoms with E-state index in [9.17, 15) is 4.79 Å². The second-order valence-corrected chi connectivity index (χ2v) is 3.14. The van der Waals surface area contributed by atoms with Gasteiger partial charge in [-0.3, -0.25) is 4.79 Å². The molecule has 0 aromatic heterocycles. The van der Waals surface area contributed by atoms with Gasteiger partial charge in [-0.15, -0.1) is 0 Å². The first kappa shape index (κ1) is 16.8. The number of methoxy groups -OCH3 is 1. The predicted molar refractivity (Wildman–Crippen MR) is 59.5 cm³/mol. The van der Waals surface area contributed by atoms with Crippen molar-refractivity contribution in [3.8, 4) is 0 Å². The summed E-state index contributed by atoms with van der Waals surface area (Å²) in [6, 6.07) is 0. The first-order valence-electron chi connectivity index (χ1n) is 5.43. The summed E-state index contributed by atoms with van der Waals surface area (Å²) >= 11 is 0. The Morgan fingerprint density at radius 1 is 1.33 bits per heavy atom. The summed E-state index contributed by atoms with van der Waals surface area (Å²) in [6.07, 6.45) is 3.39. The number of esters is 1. The van der Waals surface area contributed by atoms with Crippen LogP contribution in [-0.2, 0) is 14.3 Å². The maximum atomic E-state index is 10.4. The number of carbonyl (C=O) groups is 1. The molecule has 0 saturated carbocycles. The van der Waals surface area contributed by atoms with E-state index in [1.807, 2.05) is 6.92 Å².